The van der Waals surface area contributed by atoms with Crippen LogP contribution in [0, 0.1) is 11.3 Å². The first-order chi connectivity index (χ1) is 8.17. The summed E-state index contributed by atoms with van der Waals surface area (Å²) in [4.78, 5) is 11.8. The summed E-state index contributed by atoms with van der Waals surface area (Å²) in [6, 6.07) is 8.83. The Kier molecular flexibility index (Phi) is 5.71. The lowest BCUT2D eigenvalue weighted by atomic mass is 10.1. The quantitative estimate of drug-likeness (QED) is 0.849. The first-order valence-electron chi connectivity index (χ1n) is 5.54. The van der Waals surface area contributed by atoms with Gasteiger partial charge in [-0.3, -0.25) is 4.79 Å². The molecule has 0 fully saturated rings. The summed E-state index contributed by atoms with van der Waals surface area (Å²) in [5, 5.41) is 12.5. The summed E-state index contributed by atoms with van der Waals surface area (Å²) in [6.45, 7) is 1.99. The molecule has 0 saturated heterocycles. The Bertz CT molecular complexity index is 408. The van der Waals surface area contributed by atoms with Crippen LogP contribution in [0.25, 0.3) is 0 Å². The smallest absolute Gasteiger partial charge is 0.251 e. The predicted molar refractivity (Wildman–Crippen MR) is 71.1 cm³/mol. The van der Waals surface area contributed by atoms with E-state index in [9.17, 15) is 4.79 Å². The lowest BCUT2D eigenvalue weighted by Crippen LogP contribution is -2.32. The van der Waals surface area contributed by atoms with Crippen LogP contribution in [-0.4, -0.2) is 17.3 Å². The van der Waals surface area contributed by atoms with Gasteiger partial charge in [0.1, 0.15) is 0 Å². The first kappa shape index (κ1) is 13.7. The van der Waals surface area contributed by atoms with Crippen molar-refractivity contribution in [3.8, 4) is 6.07 Å². The second-order valence-electron chi connectivity index (χ2n) is 3.89. The molecular weight excluding hydrogens is 280 g/mol. The van der Waals surface area contributed by atoms with Crippen LogP contribution in [0.4, 0.5) is 0 Å². The lowest BCUT2D eigenvalue weighted by Gasteiger charge is -2.13. The van der Waals surface area contributed by atoms with E-state index in [1.807, 2.05) is 13.0 Å². The van der Waals surface area contributed by atoms with Crippen molar-refractivity contribution in [2.45, 2.75) is 25.8 Å². The molecule has 1 aromatic rings. The summed E-state index contributed by atoms with van der Waals surface area (Å²) in [7, 11) is 0. The van der Waals surface area contributed by atoms with Crippen molar-refractivity contribution >= 4 is 21.8 Å². The third kappa shape index (κ3) is 4.58. The second kappa shape index (κ2) is 7.08. The molecule has 0 aliphatic heterocycles. The van der Waals surface area contributed by atoms with Gasteiger partial charge in [-0.15, -0.1) is 0 Å². The SMILES string of the molecule is CC(CCCBr)NC(=O)c1ccc(C#N)cc1. The lowest BCUT2D eigenvalue weighted by molar-refractivity contribution is 0.0938. The summed E-state index contributed by atoms with van der Waals surface area (Å²) in [5.41, 5.74) is 1.16. The van der Waals surface area contributed by atoms with Gasteiger partial charge in [-0.25, -0.2) is 0 Å². The Morgan fingerprint density at radius 2 is 2.12 bits per heavy atom. The van der Waals surface area contributed by atoms with E-state index in [0.29, 0.717) is 11.1 Å². The molecule has 0 bridgehead atoms. The first-order valence-corrected chi connectivity index (χ1v) is 6.66. The van der Waals surface area contributed by atoms with Gasteiger partial charge in [0.15, 0.2) is 0 Å². The average Bonchev–Trinajstić information content (AvgIpc) is 2.36. The molecule has 90 valence electrons. The van der Waals surface area contributed by atoms with Gasteiger partial charge in [0.05, 0.1) is 11.6 Å². The fourth-order valence-electron chi connectivity index (χ4n) is 1.46. The minimum atomic E-state index is -0.0865. The third-order valence-electron chi connectivity index (χ3n) is 2.42. The molecule has 0 aromatic heterocycles. The van der Waals surface area contributed by atoms with E-state index in [1.165, 1.54) is 0 Å². The Balaban J connectivity index is 2.54. The highest BCUT2D eigenvalue weighted by molar-refractivity contribution is 9.09. The van der Waals surface area contributed by atoms with E-state index in [-0.39, 0.29) is 11.9 Å². The molecule has 0 heterocycles. The van der Waals surface area contributed by atoms with Crippen LogP contribution < -0.4 is 5.32 Å². The van der Waals surface area contributed by atoms with Crippen molar-refractivity contribution in [2.24, 2.45) is 0 Å². The Morgan fingerprint density at radius 3 is 2.65 bits per heavy atom. The van der Waals surface area contributed by atoms with Crippen LogP contribution >= 0.6 is 15.9 Å². The van der Waals surface area contributed by atoms with Gasteiger partial charge in [0, 0.05) is 16.9 Å². The molecule has 1 amide bonds. The van der Waals surface area contributed by atoms with E-state index < -0.39 is 0 Å². The number of halogens is 1. The number of nitrogens with one attached hydrogen (secondary N) is 1. The molecule has 1 N–H and O–H groups in total. The summed E-state index contributed by atoms with van der Waals surface area (Å²) in [6.07, 6.45) is 1.99. The molecule has 1 atom stereocenters. The monoisotopic (exact) mass is 294 g/mol. The van der Waals surface area contributed by atoms with Gasteiger partial charge in [-0.1, -0.05) is 15.9 Å². The van der Waals surface area contributed by atoms with Crippen molar-refractivity contribution in [3.05, 3.63) is 35.4 Å². The Labute approximate surface area is 110 Å². The maximum Gasteiger partial charge on any atom is 0.251 e. The molecule has 1 unspecified atom stereocenters. The van der Waals surface area contributed by atoms with E-state index in [4.69, 9.17) is 5.26 Å². The van der Waals surface area contributed by atoms with Crippen molar-refractivity contribution in [2.75, 3.05) is 5.33 Å². The zero-order valence-corrected chi connectivity index (χ0v) is 11.3. The van der Waals surface area contributed by atoms with Crippen LogP contribution in [0.5, 0.6) is 0 Å². The third-order valence-corrected chi connectivity index (χ3v) is 2.99. The topological polar surface area (TPSA) is 52.9 Å². The summed E-state index contributed by atoms with van der Waals surface area (Å²) < 4.78 is 0. The molecule has 1 aromatic carbocycles. The number of carbonyl (C=O) groups is 1. The fourth-order valence-corrected chi connectivity index (χ4v) is 1.78. The number of alkyl halides is 1. The van der Waals surface area contributed by atoms with E-state index in [2.05, 4.69) is 21.2 Å². The van der Waals surface area contributed by atoms with Crippen LogP contribution in [0.2, 0.25) is 0 Å². The van der Waals surface area contributed by atoms with Crippen molar-refractivity contribution < 1.29 is 4.79 Å². The van der Waals surface area contributed by atoms with Crippen LogP contribution in [-0.2, 0) is 0 Å². The Hall–Kier alpha value is -1.34. The molecular formula is C13H15BrN2O. The zero-order valence-electron chi connectivity index (χ0n) is 9.74. The van der Waals surface area contributed by atoms with Gasteiger partial charge in [0.25, 0.3) is 5.91 Å². The molecule has 1 rings (SSSR count). The number of carbonyl (C=O) groups excluding carboxylic acids is 1. The minimum absolute atomic E-state index is 0.0865. The maximum absolute atomic E-state index is 11.8. The number of amides is 1. The average molecular weight is 295 g/mol. The highest BCUT2D eigenvalue weighted by Crippen LogP contribution is 2.05. The second-order valence-corrected chi connectivity index (χ2v) is 4.69. The molecule has 0 radical (unpaired) electrons. The number of nitrogens with zero attached hydrogens (tertiary/aromatic N) is 1. The van der Waals surface area contributed by atoms with Crippen molar-refractivity contribution in [1.82, 2.24) is 5.32 Å². The van der Waals surface area contributed by atoms with E-state index in [0.717, 1.165) is 18.2 Å². The van der Waals surface area contributed by atoms with Gasteiger partial charge in [-0.05, 0) is 44.0 Å². The van der Waals surface area contributed by atoms with Crippen LogP contribution in [0.15, 0.2) is 24.3 Å². The van der Waals surface area contributed by atoms with E-state index >= 15 is 0 Å². The Morgan fingerprint density at radius 1 is 1.47 bits per heavy atom. The molecule has 0 aliphatic rings. The maximum atomic E-state index is 11.8. The highest BCUT2D eigenvalue weighted by Gasteiger charge is 2.09. The number of nitriles is 1. The minimum Gasteiger partial charge on any atom is -0.350 e. The number of hydrogen-bond donors (Lipinski definition) is 1. The normalized spacial score (nSPS) is 11.6. The number of hydrogen-bond acceptors (Lipinski definition) is 2. The molecule has 0 spiro atoms. The van der Waals surface area contributed by atoms with Crippen molar-refractivity contribution in [3.63, 3.8) is 0 Å². The largest absolute Gasteiger partial charge is 0.350 e. The van der Waals surface area contributed by atoms with Crippen LogP contribution in [0.3, 0.4) is 0 Å². The summed E-state index contributed by atoms with van der Waals surface area (Å²) >= 11 is 3.36. The van der Waals surface area contributed by atoms with Gasteiger partial charge < -0.3 is 5.32 Å². The molecule has 17 heavy (non-hydrogen) atoms. The zero-order chi connectivity index (χ0) is 12.7. The predicted octanol–water partition coefficient (Wildman–Crippen LogP) is 2.85. The number of benzene rings is 1. The van der Waals surface area contributed by atoms with Crippen LogP contribution in [0.1, 0.15) is 35.7 Å². The van der Waals surface area contributed by atoms with Gasteiger partial charge >= 0.3 is 0 Å². The molecule has 3 nitrogen and oxygen atoms in total. The van der Waals surface area contributed by atoms with E-state index in [1.54, 1.807) is 24.3 Å². The van der Waals surface area contributed by atoms with Gasteiger partial charge in [0.2, 0.25) is 0 Å². The molecule has 0 aliphatic carbocycles. The highest BCUT2D eigenvalue weighted by atomic mass is 79.9. The number of rotatable bonds is 5. The van der Waals surface area contributed by atoms with Crippen molar-refractivity contribution in [1.29, 1.82) is 5.26 Å². The standard InChI is InChI=1S/C13H15BrN2O/c1-10(3-2-8-14)16-13(17)12-6-4-11(9-15)5-7-12/h4-7,10H,2-3,8H2,1H3,(H,16,17). The molecule has 4 heteroatoms. The summed E-state index contributed by atoms with van der Waals surface area (Å²) in [5.74, 6) is -0.0865. The fraction of sp³-hybridized carbons (Fsp3) is 0.385. The molecule has 0 saturated carbocycles. The van der Waals surface area contributed by atoms with Gasteiger partial charge in [-0.2, -0.15) is 5.26 Å².